The van der Waals surface area contributed by atoms with E-state index in [0.717, 1.165) is 11.1 Å². The average Bonchev–Trinajstić information content (AvgIpc) is 2.26. The molecule has 0 aliphatic heterocycles. The molecule has 2 atom stereocenters. The van der Waals surface area contributed by atoms with Crippen LogP contribution in [0.15, 0.2) is 23.8 Å². The third-order valence-electron chi connectivity index (χ3n) is 4.18. The molecule has 0 saturated carbocycles. The normalized spacial score (nSPS) is 27.0. The van der Waals surface area contributed by atoms with Crippen molar-refractivity contribution in [3.63, 3.8) is 0 Å². The van der Waals surface area contributed by atoms with E-state index in [4.69, 9.17) is 0 Å². The maximum atomic E-state index is 11.8. The van der Waals surface area contributed by atoms with Crippen molar-refractivity contribution in [2.24, 2.45) is 5.41 Å². The Morgan fingerprint density at radius 2 is 2.11 bits per heavy atom. The van der Waals surface area contributed by atoms with Crippen LogP contribution in [0, 0.1) is 5.41 Å². The highest BCUT2D eigenvalue weighted by atomic mass is 16.3. The summed E-state index contributed by atoms with van der Waals surface area (Å²) in [6, 6.07) is 0. The van der Waals surface area contributed by atoms with Gasteiger partial charge in [0, 0.05) is 11.8 Å². The van der Waals surface area contributed by atoms with Crippen molar-refractivity contribution >= 4 is 5.78 Å². The molecule has 0 saturated heterocycles. The van der Waals surface area contributed by atoms with Crippen LogP contribution in [0.5, 0.6) is 0 Å². The topological polar surface area (TPSA) is 57.5 Å². The van der Waals surface area contributed by atoms with Crippen LogP contribution >= 0.6 is 0 Å². The number of carbonyl (C=O) groups is 1. The van der Waals surface area contributed by atoms with E-state index < -0.39 is 17.1 Å². The summed E-state index contributed by atoms with van der Waals surface area (Å²) in [5.41, 5.74) is 0.350. The van der Waals surface area contributed by atoms with E-state index in [1.807, 2.05) is 20.8 Å². The van der Waals surface area contributed by atoms with Gasteiger partial charge >= 0.3 is 0 Å². The number of hydrogen-bond donors (Lipinski definition) is 2. The first-order valence-electron chi connectivity index (χ1n) is 6.39. The summed E-state index contributed by atoms with van der Waals surface area (Å²) in [7, 11) is 0. The van der Waals surface area contributed by atoms with Gasteiger partial charge in [-0.1, -0.05) is 25.5 Å². The lowest BCUT2D eigenvalue weighted by atomic mass is 9.68. The minimum atomic E-state index is -0.936. The molecule has 0 aromatic rings. The smallest absolute Gasteiger partial charge is 0.161 e. The molecular formula is C15H24O3. The summed E-state index contributed by atoms with van der Waals surface area (Å²) in [4.78, 5) is 11.8. The highest BCUT2D eigenvalue weighted by Crippen LogP contribution is 2.42. The Labute approximate surface area is 109 Å². The van der Waals surface area contributed by atoms with Crippen molar-refractivity contribution in [3.05, 3.63) is 23.8 Å². The van der Waals surface area contributed by atoms with E-state index in [1.165, 1.54) is 6.08 Å². The number of ketones is 1. The van der Waals surface area contributed by atoms with Gasteiger partial charge in [0.1, 0.15) is 0 Å². The summed E-state index contributed by atoms with van der Waals surface area (Å²) in [6.45, 7) is 11.0. The molecule has 0 radical (unpaired) electrons. The first kappa shape index (κ1) is 15.1. The van der Waals surface area contributed by atoms with Crippen molar-refractivity contribution in [2.45, 2.75) is 58.7 Å². The van der Waals surface area contributed by atoms with Gasteiger partial charge < -0.3 is 10.2 Å². The third kappa shape index (κ3) is 2.90. The van der Waals surface area contributed by atoms with E-state index in [1.54, 1.807) is 6.92 Å². The zero-order valence-corrected chi connectivity index (χ0v) is 11.8. The van der Waals surface area contributed by atoms with Crippen LogP contribution in [0.25, 0.3) is 0 Å². The molecule has 3 heteroatoms. The Hall–Kier alpha value is -0.930. The summed E-state index contributed by atoms with van der Waals surface area (Å²) in [5.74, 6) is 0.00932. The van der Waals surface area contributed by atoms with Gasteiger partial charge in [-0.15, -0.1) is 6.58 Å². The van der Waals surface area contributed by atoms with E-state index in [2.05, 4.69) is 6.58 Å². The number of hydrogen-bond acceptors (Lipinski definition) is 3. The molecule has 0 aromatic carbocycles. The lowest BCUT2D eigenvalue weighted by Crippen LogP contribution is -2.39. The molecule has 3 nitrogen and oxygen atoms in total. The minimum absolute atomic E-state index is 0.00932. The second kappa shape index (κ2) is 4.98. The van der Waals surface area contributed by atoms with Crippen molar-refractivity contribution in [3.8, 4) is 0 Å². The molecule has 0 aromatic heterocycles. The SMILES string of the molecule is C=CC(C)(O)CCC1=C(C)C(=O)CC(O)C1(C)C. The Kier molecular flexibility index (Phi) is 4.19. The number of allylic oxidation sites excluding steroid dienone is 1. The molecule has 1 aliphatic rings. The van der Waals surface area contributed by atoms with Crippen LogP contribution in [-0.2, 0) is 4.79 Å². The average molecular weight is 252 g/mol. The van der Waals surface area contributed by atoms with E-state index in [-0.39, 0.29) is 12.2 Å². The zero-order valence-electron chi connectivity index (χ0n) is 11.8. The molecule has 102 valence electrons. The molecule has 0 bridgehead atoms. The van der Waals surface area contributed by atoms with E-state index in [9.17, 15) is 15.0 Å². The first-order chi connectivity index (χ1) is 8.12. The molecule has 1 aliphatic carbocycles. The molecule has 18 heavy (non-hydrogen) atoms. The lowest BCUT2D eigenvalue weighted by molar-refractivity contribution is -0.120. The van der Waals surface area contributed by atoms with E-state index >= 15 is 0 Å². The van der Waals surface area contributed by atoms with Crippen LogP contribution in [0.1, 0.15) is 47.0 Å². The molecule has 0 amide bonds. The van der Waals surface area contributed by atoms with Crippen molar-refractivity contribution in [1.82, 2.24) is 0 Å². The molecule has 2 N–H and O–H groups in total. The molecule has 0 fully saturated rings. The van der Waals surface area contributed by atoms with Crippen LogP contribution in [0.3, 0.4) is 0 Å². The second-order valence-electron chi connectivity index (χ2n) is 6.03. The van der Waals surface area contributed by atoms with Gasteiger partial charge in [-0.3, -0.25) is 4.79 Å². The molecular weight excluding hydrogens is 228 g/mol. The predicted molar refractivity (Wildman–Crippen MR) is 72.2 cm³/mol. The molecule has 2 unspecified atom stereocenters. The van der Waals surface area contributed by atoms with Crippen LogP contribution < -0.4 is 0 Å². The maximum absolute atomic E-state index is 11.8. The summed E-state index contributed by atoms with van der Waals surface area (Å²) >= 11 is 0. The summed E-state index contributed by atoms with van der Waals surface area (Å²) in [5, 5.41) is 20.0. The van der Waals surface area contributed by atoms with Gasteiger partial charge in [0.05, 0.1) is 11.7 Å². The second-order valence-corrected chi connectivity index (χ2v) is 6.03. The Bertz CT molecular complexity index is 389. The number of aliphatic hydroxyl groups excluding tert-OH is 1. The highest BCUT2D eigenvalue weighted by Gasteiger charge is 2.39. The van der Waals surface area contributed by atoms with Gasteiger partial charge in [0.2, 0.25) is 0 Å². The van der Waals surface area contributed by atoms with Gasteiger partial charge in [0.15, 0.2) is 5.78 Å². The molecule has 1 rings (SSSR count). The summed E-state index contributed by atoms with van der Waals surface area (Å²) < 4.78 is 0. The third-order valence-corrected chi connectivity index (χ3v) is 4.18. The maximum Gasteiger partial charge on any atom is 0.161 e. The number of carbonyl (C=O) groups excluding carboxylic acids is 1. The fraction of sp³-hybridized carbons (Fsp3) is 0.667. The summed E-state index contributed by atoms with van der Waals surface area (Å²) in [6.07, 6.45) is 2.17. The van der Waals surface area contributed by atoms with Crippen molar-refractivity contribution < 1.29 is 15.0 Å². The number of rotatable bonds is 4. The number of Topliss-reactive ketones (excluding diaryl/α,β-unsaturated/α-hetero) is 1. The largest absolute Gasteiger partial charge is 0.392 e. The standard InChI is InChI=1S/C15H24O3/c1-6-15(5,18)8-7-11-10(2)12(16)9-13(17)14(11,3)4/h6,13,17-18H,1,7-9H2,2-5H3. The van der Waals surface area contributed by atoms with Gasteiger partial charge in [-0.25, -0.2) is 0 Å². The van der Waals surface area contributed by atoms with Crippen LogP contribution in [0.2, 0.25) is 0 Å². The van der Waals surface area contributed by atoms with Gasteiger partial charge in [-0.05, 0) is 32.3 Å². The quantitative estimate of drug-likeness (QED) is 0.755. The lowest BCUT2D eigenvalue weighted by Gasteiger charge is -2.39. The monoisotopic (exact) mass is 252 g/mol. The van der Waals surface area contributed by atoms with Gasteiger partial charge in [-0.2, -0.15) is 0 Å². The Morgan fingerprint density at radius 1 is 1.56 bits per heavy atom. The number of aliphatic hydroxyl groups is 2. The Morgan fingerprint density at radius 3 is 2.61 bits per heavy atom. The van der Waals surface area contributed by atoms with Crippen LogP contribution in [0.4, 0.5) is 0 Å². The predicted octanol–water partition coefficient (Wildman–Crippen LogP) is 2.38. The van der Waals surface area contributed by atoms with E-state index in [0.29, 0.717) is 12.8 Å². The fourth-order valence-electron chi connectivity index (χ4n) is 2.43. The van der Waals surface area contributed by atoms with Crippen LogP contribution in [-0.4, -0.2) is 27.7 Å². The Balaban J connectivity index is 2.99. The van der Waals surface area contributed by atoms with Crippen molar-refractivity contribution in [1.29, 1.82) is 0 Å². The fourth-order valence-corrected chi connectivity index (χ4v) is 2.43. The zero-order chi connectivity index (χ0) is 14.1. The van der Waals surface area contributed by atoms with Crippen molar-refractivity contribution in [2.75, 3.05) is 0 Å². The molecule has 0 heterocycles. The van der Waals surface area contributed by atoms with Gasteiger partial charge in [0.25, 0.3) is 0 Å². The first-order valence-corrected chi connectivity index (χ1v) is 6.39. The highest BCUT2D eigenvalue weighted by molar-refractivity contribution is 5.97. The minimum Gasteiger partial charge on any atom is -0.392 e. The molecule has 0 spiro atoms.